The van der Waals surface area contributed by atoms with Gasteiger partial charge in [-0.3, -0.25) is 0 Å². The Morgan fingerprint density at radius 2 is 1.95 bits per heavy atom. The van der Waals surface area contributed by atoms with Crippen LogP contribution < -0.4 is 5.73 Å². The van der Waals surface area contributed by atoms with E-state index in [1.807, 2.05) is 31.2 Å². The lowest BCUT2D eigenvalue weighted by atomic mass is 10.1. The minimum Gasteiger partial charge on any atom is -0.344 e. The van der Waals surface area contributed by atoms with Crippen molar-refractivity contribution >= 4 is 25.8 Å². The minimum absolute atomic E-state index is 0.0571. The molecule has 1 aromatic heterocycles. The first kappa shape index (κ1) is 16.2. The predicted octanol–water partition coefficient (Wildman–Crippen LogP) is 2.58. The van der Waals surface area contributed by atoms with Crippen LogP contribution in [-0.4, -0.2) is 30.4 Å². The minimum atomic E-state index is -3.01. The van der Waals surface area contributed by atoms with Gasteiger partial charge in [-0.25, -0.2) is 13.4 Å². The molecule has 2 aromatic rings. The molecule has 7 heteroatoms. The van der Waals surface area contributed by atoms with Crippen molar-refractivity contribution < 1.29 is 8.42 Å². The zero-order valence-corrected chi connectivity index (χ0v) is 14.3. The van der Waals surface area contributed by atoms with E-state index in [0.717, 1.165) is 21.4 Å². The fraction of sp³-hybridized carbons (Fsp3) is 0.357. The monoisotopic (exact) mass is 371 g/mol. The maximum Gasteiger partial charge on any atom is 0.147 e. The van der Waals surface area contributed by atoms with Crippen molar-refractivity contribution in [1.29, 1.82) is 0 Å². The average Bonchev–Trinajstić information content (AvgIpc) is 2.78. The third kappa shape index (κ3) is 4.39. The first-order valence-electron chi connectivity index (χ1n) is 6.52. The number of rotatable bonds is 5. The topological polar surface area (TPSA) is 88.8 Å². The van der Waals surface area contributed by atoms with E-state index in [4.69, 9.17) is 5.73 Å². The quantitative estimate of drug-likeness (QED) is 0.844. The van der Waals surface area contributed by atoms with Gasteiger partial charge >= 0.3 is 0 Å². The molecule has 0 fully saturated rings. The fourth-order valence-electron chi connectivity index (χ4n) is 2.03. The molecule has 0 amide bonds. The third-order valence-corrected chi connectivity index (χ3v) is 4.68. The van der Waals surface area contributed by atoms with Crippen LogP contribution in [-0.2, 0) is 9.84 Å². The van der Waals surface area contributed by atoms with Gasteiger partial charge in [-0.1, -0.05) is 28.1 Å². The number of halogens is 1. The zero-order chi connectivity index (χ0) is 15.6. The van der Waals surface area contributed by atoms with Crippen molar-refractivity contribution in [2.24, 2.45) is 5.73 Å². The van der Waals surface area contributed by atoms with Gasteiger partial charge in [0.15, 0.2) is 0 Å². The number of hydrogen-bond acceptors (Lipinski definition) is 4. The molecule has 0 saturated heterocycles. The van der Waals surface area contributed by atoms with Crippen LogP contribution in [0.1, 0.15) is 24.0 Å². The Bertz CT molecular complexity index is 723. The second-order valence-electron chi connectivity index (χ2n) is 5.13. The number of hydrogen-bond donors (Lipinski definition) is 2. The molecule has 0 radical (unpaired) electrons. The third-order valence-electron chi connectivity index (χ3n) is 3.17. The van der Waals surface area contributed by atoms with Crippen LogP contribution in [0.5, 0.6) is 0 Å². The summed E-state index contributed by atoms with van der Waals surface area (Å²) < 4.78 is 23.4. The summed E-state index contributed by atoms with van der Waals surface area (Å²) >= 11 is 3.40. The molecule has 1 aromatic carbocycles. The number of aryl methyl sites for hydroxylation is 1. The molecule has 0 aliphatic heterocycles. The molecule has 0 saturated carbocycles. The van der Waals surface area contributed by atoms with Gasteiger partial charge in [-0.15, -0.1) is 0 Å². The van der Waals surface area contributed by atoms with E-state index in [1.54, 1.807) is 0 Å². The van der Waals surface area contributed by atoms with E-state index in [9.17, 15) is 8.42 Å². The van der Waals surface area contributed by atoms with Crippen LogP contribution in [0.4, 0.5) is 0 Å². The molecule has 2 rings (SSSR count). The van der Waals surface area contributed by atoms with Crippen molar-refractivity contribution in [1.82, 2.24) is 9.97 Å². The highest BCUT2D eigenvalue weighted by atomic mass is 79.9. The van der Waals surface area contributed by atoms with Crippen LogP contribution in [0.3, 0.4) is 0 Å². The Morgan fingerprint density at radius 1 is 1.33 bits per heavy atom. The van der Waals surface area contributed by atoms with E-state index in [-0.39, 0.29) is 5.75 Å². The molecule has 5 nitrogen and oxygen atoms in total. The Labute approximate surface area is 133 Å². The molecule has 1 unspecified atom stereocenters. The molecule has 1 heterocycles. The van der Waals surface area contributed by atoms with Crippen molar-refractivity contribution in [3.05, 3.63) is 40.3 Å². The van der Waals surface area contributed by atoms with Crippen LogP contribution in [0.15, 0.2) is 28.7 Å². The Kier molecular flexibility index (Phi) is 4.85. The molecule has 0 aliphatic carbocycles. The van der Waals surface area contributed by atoms with E-state index >= 15 is 0 Å². The van der Waals surface area contributed by atoms with Crippen molar-refractivity contribution in [2.45, 2.75) is 19.4 Å². The van der Waals surface area contributed by atoms with Crippen molar-refractivity contribution in [3.63, 3.8) is 0 Å². The number of aromatic nitrogens is 2. The number of nitrogens with one attached hydrogen (secondary N) is 1. The van der Waals surface area contributed by atoms with Crippen LogP contribution >= 0.6 is 15.9 Å². The molecule has 0 aliphatic rings. The lowest BCUT2D eigenvalue weighted by molar-refractivity contribution is 0.587. The zero-order valence-electron chi connectivity index (χ0n) is 11.9. The van der Waals surface area contributed by atoms with Crippen LogP contribution in [0.2, 0.25) is 0 Å². The Balaban J connectivity index is 2.20. The summed E-state index contributed by atoms with van der Waals surface area (Å²) in [6.45, 7) is 1.93. The number of nitrogens with two attached hydrogens (primary N) is 1. The maximum absolute atomic E-state index is 11.2. The standard InChI is InChI=1S/C14H18BrN3O2S/c1-9-13(10-3-5-11(15)6-4-10)18-14(17-9)12(16)7-8-21(2,19)20/h3-6,12H,7-8,16H2,1-2H3,(H,17,18). The molecular weight excluding hydrogens is 354 g/mol. The van der Waals surface area contributed by atoms with Crippen molar-refractivity contribution in [3.8, 4) is 11.3 Å². The number of imidazole rings is 1. The molecule has 0 spiro atoms. The Morgan fingerprint density at radius 3 is 2.52 bits per heavy atom. The number of aromatic amines is 1. The molecule has 1 atom stereocenters. The lowest BCUT2D eigenvalue weighted by Crippen LogP contribution is -2.17. The van der Waals surface area contributed by atoms with Gasteiger partial charge in [0, 0.05) is 22.0 Å². The van der Waals surface area contributed by atoms with Crippen molar-refractivity contribution in [2.75, 3.05) is 12.0 Å². The molecule has 0 bridgehead atoms. The summed E-state index contributed by atoms with van der Waals surface area (Å²) in [4.78, 5) is 7.67. The summed E-state index contributed by atoms with van der Waals surface area (Å²) in [7, 11) is -3.01. The number of H-pyrrole nitrogens is 1. The van der Waals surface area contributed by atoms with Gasteiger partial charge in [-0.05, 0) is 25.5 Å². The summed E-state index contributed by atoms with van der Waals surface area (Å²) in [5.74, 6) is 0.677. The maximum atomic E-state index is 11.2. The van der Waals surface area contributed by atoms with Crippen LogP contribution in [0.25, 0.3) is 11.3 Å². The van der Waals surface area contributed by atoms with E-state index < -0.39 is 15.9 Å². The fourth-order valence-corrected chi connectivity index (χ4v) is 2.97. The van der Waals surface area contributed by atoms with Gasteiger partial charge in [0.05, 0.1) is 17.5 Å². The normalized spacial score (nSPS) is 13.3. The summed E-state index contributed by atoms with van der Waals surface area (Å²) in [6.07, 6.45) is 1.56. The highest BCUT2D eigenvalue weighted by molar-refractivity contribution is 9.10. The molecule has 3 N–H and O–H groups in total. The first-order chi connectivity index (χ1) is 9.76. The number of nitrogens with zero attached hydrogens (tertiary/aromatic N) is 1. The predicted molar refractivity (Wildman–Crippen MR) is 87.7 cm³/mol. The van der Waals surface area contributed by atoms with Gasteiger partial charge in [0.2, 0.25) is 0 Å². The summed E-state index contributed by atoms with van der Waals surface area (Å²) in [5, 5.41) is 0. The molecular formula is C14H18BrN3O2S. The molecule has 114 valence electrons. The first-order valence-corrected chi connectivity index (χ1v) is 9.37. The summed E-state index contributed by atoms with van der Waals surface area (Å²) in [5.41, 5.74) is 8.77. The smallest absolute Gasteiger partial charge is 0.147 e. The highest BCUT2D eigenvalue weighted by Crippen LogP contribution is 2.25. The lowest BCUT2D eigenvalue weighted by Gasteiger charge is -2.07. The van der Waals surface area contributed by atoms with E-state index in [0.29, 0.717) is 12.2 Å². The van der Waals surface area contributed by atoms with Gasteiger partial charge in [0.25, 0.3) is 0 Å². The average molecular weight is 372 g/mol. The number of benzene rings is 1. The van der Waals surface area contributed by atoms with Gasteiger partial charge < -0.3 is 10.7 Å². The van der Waals surface area contributed by atoms with Gasteiger partial charge in [0.1, 0.15) is 15.7 Å². The second kappa shape index (κ2) is 6.29. The molecule has 21 heavy (non-hydrogen) atoms. The second-order valence-corrected chi connectivity index (χ2v) is 8.30. The number of sulfone groups is 1. The Hall–Kier alpha value is -1.18. The summed E-state index contributed by atoms with van der Waals surface area (Å²) in [6, 6.07) is 7.43. The van der Waals surface area contributed by atoms with Crippen LogP contribution in [0, 0.1) is 6.92 Å². The van der Waals surface area contributed by atoms with Gasteiger partial charge in [-0.2, -0.15) is 0 Å². The SMILES string of the molecule is Cc1[nH]c(C(N)CCS(C)(=O)=O)nc1-c1ccc(Br)cc1. The van der Waals surface area contributed by atoms with E-state index in [1.165, 1.54) is 6.26 Å². The largest absolute Gasteiger partial charge is 0.344 e. The highest BCUT2D eigenvalue weighted by Gasteiger charge is 2.16. The van der Waals surface area contributed by atoms with E-state index in [2.05, 4.69) is 25.9 Å².